The zero-order valence-corrected chi connectivity index (χ0v) is 7.57. The van der Waals surface area contributed by atoms with Crippen LogP contribution >= 0.6 is 0 Å². The summed E-state index contributed by atoms with van der Waals surface area (Å²) in [4.78, 5) is 13.3. The second kappa shape index (κ2) is 3.37. The second-order valence-corrected chi connectivity index (χ2v) is 3.90. The Morgan fingerprint density at radius 3 is 2.77 bits per heavy atom. The monoisotopic (exact) mass is 177 g/mol. The van der Waals surface area contributed by atoms with Gasteiger partial charge in [-0.1, -0.05) is 0 Å². The number of carbonyl (C=O) groups is 1. The predicted molar refractivity (Wildman–Crippen MR) is 47.3 cm³/mol. The maximum atomic E-state index is 11.5. The lowest BCUT2D eigenvalue weighted by Gasteiger charge is -2.14. The highest BCUT2D eigenvalue weighted by molar-refractivity contribution is 5.85. The van der Waals surface area contributed by atoms with Gasteiger partial charge in [0.1, 0.15) is 0 Å². The highest BCUT2D eigenvalue weighted by Gasteiger charge is 2.31. The zero-order chi connectivity index (χ0) is 9.26. The van der Waals surface area contributed by atoms with Crippen molar-refractivity contribution in [2.24, 2.45) is 11.8 Å². The highest BCUT2D eigenvalue weighted by Crippen LogP contribution is 2.32. The largest absolute Gasteiger partial charge is 0.341 e. The minimum atomic E-state index is 0.0663. The first-order valence-electron chi connectivity index (χ1n) is 4.83. The van der Waals surface area contributed by atoms with Crippen LogP contribution in [0.25, 0.3) is 0 Å². The molecule has 1 atom stereocenters. The molecule has 2 aliphatic rings. The first kappa shape index (κ1) is 8.55. The summed E-state index contributed by atoms with van der Waals surface area (Å²) < 4.78 is 0. The first-order valence-corrected chi connectivity index (χ1v) is 4.83. The quantitative estimate of drug-likeness (QED) is 0.631. The zero-order valence-electron chi connectivity index (χ0n) is 7.57. The molecule has 1 aliphatic heterocycles. The Hall–Kier alpha value is -1.04. The van der Waals surface area contributed by atoms with E-state index in [1.807, 2.05) is 6.42 Å². The number of carbonyl (C=O) groups excluding carboxylic acids is 1. The number of nitrogens with zero attached hydrogens (tertiary/aromatic N) is 2. The minimum Gasteiger partial charge on any atom is -0.341 e. The Labute approximate surface area is 78.3 Å². The van der Waals surface area contributed by atoms with Gasteiger partial charge >= 0.3 is 0 Å². The number of nitriles is 1. The summed E-state index contributed by atoms with van der Waals surface area (Å²) in [6.45, 7) is 1.40. The Kier molecular flexibility index (Phi) is 2.22. The van der Waals surface area contributed by atoms with Gasteiger partial charge in [-0.2, -0.15) is 5.26 Å². The summed E-state index contributed by atoms with van der Waals surface area (Å²) >= 11 is 0. The van der Waals surface area contributed by atoms with E-state index in [1.165, 1.54) is 12.8 Å². The van der Waals surface area contributed by atoms with Crippen LogP contribution in [0, 0.1) is 29.6 Å². The summed E-state index contributed by atoms with van der Waals surface area (Å²) in [5, 5.41) is 8.66. The van der Waals surface area contributed by atoms with Gasteiger partial charge in [0.15, 0.2) is 0 Å². The van der Waals surface area contributed by atoms with Crippen molar-refractivity contribution in [3.05, 3.63) is 6.42 Å². The number of likely N-dealkylation sites (tertiary alicyclic amines) is 1. The minimum absolute atomic E-state index is 0.0663. The van der Waals surface area contributed by atoms with Gasteiger partial charge in [0.25, 0.3) is 0 Å². The van der Waals surface area contributed by atoms with Crippen molar-refractivity contribution in [1.29, 1.82) is 5.26 Å². The molecule has 0 N–H and O–H groups in total. The van der Waals surface area contributed by atoms with E-state index in [9.17, 15) is 4.79 Å². The molecule has 0 unspecified atom stereocenters. The van der Waals surface area contributed by atoms with Crippen LogP contribution in [0.2, 0.25) is 0 Å². The molecule has 1 saturated carbocycles. The third kappa shape index (κ3) is 2.00. The van der Waals surface area contributed by atoms with E-state index in [-0.39, 0.29) is 11.8 Å². The van der Waals surface area contributed by atoms with Crippen molar-refractivity contribution in [3.63, 3.8) is 0 Å². The van der Waals surface area contributed by atoms with Crippen LogP contribution in [0.15, 0.2) is 0 Å². The summed E-state index contributed by atoms with van der Waals surface area (Å²) in [6, 6.07) is 2.21. The predicted octanol–water partition coefficient (Wildman–Crippen LogP) is 0.973. The van der Waals surface area contributed by atoms with Crippen LogP contribution in [0.3, 0.4) is 0 Å². The summed E-state index contributed by atoms with van der Waals surface area (Å²) in [6.07, 6.45) is 5.00. The van der Waals surface area contributed by atoms with Gasteiger partial charge in [-0.3, -0.25) is 4.79 Å². The van der Waals surface area contributed by atoms with Gasteiger partial charge < -0.3 is 4.90 Å². The molecule has 0 aromatic rings. The summed E-state index contributed by atoms with van der Waals surface area (Å²) in [7, 11) is 0. The first-order chi connectivity index (χ1) is 6.29. The molecular weight excluding hydrogens is 164 g/mol. The average molecular weight is 177 g/mol. The van der Waals surface area contributed by atoms with E-state index >= 15 is 0 Å². The van der Waals surface area contributed by atoms with Crippen LogP contribution in [0.5, 0.6) is 0 Å². The van der Waals surface area contributed by atoms with Crippen LogP contribution < -0.4 is 0 Å². The van der Waals surface area contributed by atoms with Gasteiger partial charge in [-0.25, -0.2) is 0 Å². The van der Waals surface area contributed by atoms with E-state index in [0.717, 1.165) is 13.0 Å². The van der Waals surface area contributed by atoms with Crippen molar-refractivity contribution in [3.8, 4) is 6.07 Å². The van der Waals surface area contributed by atoms with Crippen molar-refractivity contribution < 1.29 is 4.79 Å². The number of amides is 1. The number of hydrogen-bond donors (Lipinski definition) is 0. The molecule has 0 aromatic carbocycles. The molecule has 2 fully saturated rings. The molecule has 1 aliphatic carbocycles. The van der Waals surface area contributed by atoms with Crippen LogP contribution in [0.4, 0.5) is 0 Å². The molecule has 2 rings (SSSR count). The standard InChI is InChI=1S/C10H13N2O/c11-6-9-3-4-12(7-9)10(13)5-8-1-2-8/h5,8-9H,1-4,7H2/t9-/m1/s1. The highest BCUT2D eigenvalue weighted by atomic mass is 16.2. The third-order valence-corrected chi connectivity index (χ3v) is 2.68. The van der Waals surface area contributed by atoms with Crippen molar-refractivity contribution >= 4 is 5.91 Å². The van der Waals surface area contributed by atoms with E-state index in [0.29, 0.717) is 12.5 Å². The van der Waals surface area contributed by atoms with Gasteiger partial charge in [-0.05, 0) is 25.2 Å². The molecule has 0 bridgehead atoms. The lowest BCUT2D eigenvalue weighted by molar-refractivity contribution is -0.126. The maximum Gasteiger partial charge on any atom is 0.226 e. The molecule has 3 nitrogen and oxygen atoms in total. The molecule has 3 heteroatoms. The molecule has 1 heterocycles. The number of hydrogen-bond acceptors (Lipinski definition) is 2. The molecular formula is C10H13N2O. The smallest absolute Gasteiger partial charge is 0.226 e. The fraction of sp³-hybridized carbons (Fsp3) is 0.700. The van der Waals surface area contributed by atoms with Crippen LogP contribution in [0.1, 0.15) is 19.3 Å². The molecule has 1 radical (unpaired) electrons. The van der Waals surface area contributed by atoms with Gasteiger partial charge in [-0.15, -0.1) is 0 Å². The van der Waals surface area contributed by atoms with Crippen LogP contribution in [-0.4, -0.2) is 23.9 Å². The molecule has 0 aromatic heterocycles. The van der Waals surface area contributed by atoms with E-state index in [4.69, 9.17) is 5.26 Å². The molecule has 1 amide bonds. The molecule has 1 saturated heterocycles. The molecule has 69 valence electrons. The Balaban J connectivity index is 1.81. The molecule has 13 heavy (non-hydrogen) atoms. The normalized spacial score (nSPS) is 27.3. The van der Waals surface area contributed by atoms with Gasteiger partial charge in [0.05, 0.1) is 18.4 Å². The van der Waals surface area contributed by atoms with Crippen molar-refractivity contribution in [2.75, 3.05) is 13.1 Å². The SMILES string of the molecule is N#C[C@H]1CCN(C(=O)[CH]C2CC2)C1. The Bertz CT molecular complexity index is 252. The fourth-order valence-electron chi connectivity index (χ4n) is 1.64. The van der Waals surface area contributed by atoms with Crippen molar-refractivity contribution in [2.45, 2.75) is 19.3 Å². The van der Waals surface area contributed by atoms with Gasteiger partial charge in [0, 0.05) is 13.1 Å². The lowest BCUT2D eigenvalue weighted by Crippen LogP contribution is -2.29. The van der Waals surface area contributed by atoms with E-state index in [2.05, 4.69) is 6.07 Å². The van der Waals surface area contributed by atoms with Gasteiger partial charge in [0.2, 0.25) is 5.91 Å². The Morgan fingerprint density at radius 2 is 2.23 bits per heavy atom. The van der Waals surface area contributed by atoms with Crippen LogP contribution in [-0.2, 0) is 4.79 Å². The number of rotatable bonds is 2. The molecule has 0 spiro atoms. The summed E-state index contributed by atoms with van der Waals surface area (Å²) in [5.74, 6) is 0.741. The Morgan fingerprint density at radius 1 is 1.46 bits per heavy atom. The van der Waals surface area contributed by atoms with E-state index < -0.39 is 0 Å². The summed E-state index contributed by atoms with van der Waals surface area (Å²) in [5.41, 5.74) is 0. The topological polar surface area (TPSA) is 44.1 Å². The fourth-order valence-corrected chi connectivity index (χ4v) is 1.64. The second-order valence-electron chi connectivity index (χ2n) is 3.90. The third-order valence-electron chi connectivity index (χ3n) is 2.68. The maximum absolute atomic E-state index is 11.5. The van der Waals surface area contributed by atoms with E-state index in [1.54, 1.807) is 4.90 Å². The van der Waals surface area contributed by atoms with Crippen molar-refractivity contribution in [1.82, 2.24) is 4.90 Å². The lowest BCUT2D eigenvalue weighted by atomic mass is 10.1. The average Bonchev–Trinajstić information content (AvgIpc) is 2.82.